The van der Waals surface area contributed by atoms with Gasteiger partial charge in [-0.15, -0.1) is 0 Å². The van der Waals surface area contributed by atoms with Gasteiger partial charge in [-0.3, -0.25) is 4.79 Å². The third kappa shape index (κ3) is 3.63. The van der Waals surface area contributed by atoms with Crippen LogP contribution in [0.1, 0.15) is 20.3 Å². The SMILES string of the molecule is CCOC(=O)C(CC)Sc1ncnc2c1cnn2-c1ccc(F)cc1. The van der Waals surface area contributed by atoms with Crippen LogP contribution in [-0.4, -0.2) is 37.6 Å². The summed E-state index contributed by atoms with van der Waals surface area (Å²) in [6.07, 6.45) is 3.71. The molecule has 0 aliphatic rings. The van der Waals surface area contributed by atoms with E-state index in [-0.39, 0.29) is 17.0 Å². The van der Waals surface area contributed by atoms with Crippen LogP contribution in [0.4, 0.5) is 4.39 Å². The number of thioether (sulfide) groups is 1. The van der Waals surface area contributed by atoms with Crippen molar-refractivity contribution in [1.29, 1.82) is 0 Å². The largest absolute Gasteiger partial charge is 0.465 e. The molecule has 1 atom stereocenters. The van der Waals surface area contributed by atoms with E-state index in [0.717, 1.165) is 5.39 Å². The lowest BCUT2D eigenvalue weighted by molar-refractivity contribution is -0.142. The Bertz CT molecular complexity index is 882. The van der Waals surface area contributed by atoms with Gasteiger partial charge in [0.15, 0.2) is 5.65 Å². The fraction of sp³-hybridized carbons (Fsp3) is 0.294. The average molecular weight is 360 g/mol. The van der Waals surface area contributed by atoms with Gasteiger partial charge >= 0.3 is 5.97 Å². The number of nitrogens with zero attached hydrogens (tertiary/aromatic N) is 4. The van der Waals surface area contributed by atoms with Crippen LogP contribution in [0, 0.1) is 5.82 Å². The van der Waals surface area contributed by atoms with Crippen molar-refractivity contribution < 1.29 is 13.9 Å². The minimum absolute atomic E-state index is 0.257. The third-order valence-electron chi connectivity index (χ3n) is 3.57. The van der Waals surface area contributed by atoms with E-state index in [0.29, 0.717) is 29.4 Å². The molecule has 0 radical (unpaired) electrons. The molecule has 1 unspecified atom stereocenters. The van der Waals surface area contributed by atoms with Crippen LogP contribution in [0.25, 0.3) is 16.7 Å². The Morgan fingerprint density at radius 3 is 2.72 bits per heavy atom. The van der Waals surface area contributed by atoms with Crippen LogP contribution in [0.5, 0.6) is 0 Å². The van der Waals surface area contributed by atoms with E-state index < -0.39 is 0 Å². The van der Waals surface area contributed by atoms with Crippen molar-refractivity contribution in [2.45, 2.75) is 30.5 Å². The highest BCUT2D eigenvalue weighted by Crippen LogP contribution is 2.30. The lowest BCUT2D eigenvalue weighted by Crippen LogP contribution is -2.19. The summed E-state index contributed by atoms with van der Waals surface area (Å²) >= 11 is 1.34. The molecule has 6 nitrogen and oxygen atoms in total. The Labute approximate surface area is 148 Å². The van der Waals surface area contributed by atoms with E-state index in [1.54, 1.807) is 29.9 Å². The summed E-state index contributed by atoms with van der Waals surface area (Å²) < 4.78 is 19.8. The lowest BCUT2D eigenvalue weighted by atomic mass is 10.3. The van der Waals surface area contributed by atoms with Crippen LogP contribution in [0.15, 0.2) is 41.8 Å². The van der Waals surface area contributed by atoms with E-state index in [4.69, 9.17) is 4.74 Å². The second-order valence-corrected chi connectivity index (χ2v) is 6.41. The van der Waals surface area contributed by atoms with Gasteiger partial charge in [0.2, 0.25) is 0 Å². The number of esters is 1. The fourth-order valence-corrected chi connectivity index (χ4v) is 3.34. The molecule has 2 aromatic heterocycles. The second-order valence-electron chi connectivity index (χ2n) is 5.22. The summed E-state index contributed by atoms with van der Waals surface area (Å²) in [6, 6.07) is 6.00. The molecule has 0 aliphatic carbocycles. The summed E-state index contributed by atoms with van der Waals surface area (Å²) in [7, 11) is 0. The lowest BCUT2D eigenvalue weighted by Gasteiger charge is -2.12. The zero-order valence-corrected chi connectivity index (χ0v) is 14.7. The number of hydrogen-bond donors (Lipinski definition) is 0. The minimum Gasteiger partial charge on any atom is -0.465 e. The van der Waals surface area contributed by atoms with E-state index >= 15 is 0 Å². The molecule has 0 aliphatic heterocycles. The van der Waals surface area contributed by atoms with Gasteiger partial charge in [-0.05, 0) is 37.6 Å². The first kappa shape index (κ1) is 17.3. The van der Waals surface area contributed by atoms with E-state index in [2.05, 4.69) is 15.1 Å². The van der Waals surface area contributed by atoms with Crippen molar-refractivity contribution in [1.82, 2.24) is 19.7 Å². The van der Waals surface area contributed by atoms with Gasteiger partial charge in [0.1, 0.15) is 22.4 Å². The molecule has 0 N–H and O–H groups in total. The topological polar surface area (TPSA) is 69.9 Å². The van der Waals surface area contributed by atoms with Gasteiger partial charge in [-0.2, -0.15) is 5.10 Å². The molecule has 0 bridgehead atoms. The quantitative estimate of drug-likeness (QED) is 0.381. The zero-order valence-electron chi connectivity index (χ0n) is 13.8. The molecule has 0 spiro atoms. The van der Waals surface area contributed by atoms with Crippen molar-refractivity contribution in [3.63, 3.8) is 0 Å². The van der Waals surface area contributed by atoms with E-state index in [1.807, 2.05) is 6.92 Å². The summed E-state index contributed by atoms with van der Waals surface area (Å²) in [6.45, 7) is 4.05. The van der Waals surface area contributed by atoms with E-state index in [1.165, 1.54) is 30.2 Å². The Hall–Kier alpha value is -2.48. The van der Waals surface area contributed by atoms with Crippen molar-refractivity contribution in [2.75, 3.05) is 6.61 Å². The van der Waals surface area contributed by atoms with Gasteiger partial charge in [0.25, 0.3) is 0 Å². The van der Waals surface area contributed by atoms with Gasteiger partial charge in [-0.1, -0.05) is 18.7 Å². The maximum absolute atomic E-state index is 13.1. The van der Waals surface area contributed by atoms with Crippen molar-refractivity contribution in [2.24, 2.45) is 0 Å². The second kappa shape index (κ2) is 7.60. The maximum Gasteiger partial charge on any atom is 0.319 e. The number of carbonyl (C=O) groups is 1. The Kier molecular flexibility index (Phi) is 5.28. The van der Waals surface area contributed by atoms with Crippen LogP contribution in [0.3, 0.4) is 0 Å². The number of halogens is 1. The number of ether oxygens (including phenoxy) is 1. The number of benzene rings is 1. The average Bonchev–Trinajstić information content (AvgIpc) is 3.05. The summed E-state index contributed by atoms with van der Waals surface area (Å²) in [4.78, 5) is 20.6. The number of aromatic nitrogens is 4. The van der Waals surface area contributed by atoms with Crippen molar-refractivity contribution in [3.8, 4) is 5.69 Å². The first-order chi connectivity index (χ1) is 12.1. The van der Waals surface area contributed by atoms with E-state index in [9.17, 15) is 9.18 Å². The highest BCUT2D eigenvalue weighted by Gasteiger charge is 2.22. The summed E-state index contributed by atoms with van der Waals surface area (Å²) in [5, 5.41) is 5.39. The van der Waals surface area contributed by atoms with Crippen molar-refractivity contribution >= 4 is 28.8 Å². The van der Waals surface area contributed by atoms with Gasteiger partial charge in [0.05, 0.1) is 23.9 Å². The number of fused-ring (bicyclic) bond motifs is 1. The Morgan fingerprint density at radius 1 is 1.28 bits per heavy atom. The first-order valence-electron chi connectivity index (χ1n) is 7.92. The molecule has 2 heterocycles. The summed E-state index contributed by atoms with van der Waals surface area (Å²) in [5.41, 5.74) is 1.30. The molecule has 25 heavy (non-hydrogen) atoms. The smallest absolute Gasteiger partial charge is 0.319 e. The minimum atomic E-state index is -0.341. The van der Waals surface area contributed by atoms with Gasteiger partial charge in [0, 0.05) is 0 Å². The molecular weight excluding hydrogens is 343 g/mol. The number of rotatable bonds is 6. The normalized spacial score (nSPS) is 12.3. The van der Waals surface area contributed by atoms with Crippen LogP contribution in [0.2, 0.25) is 0 Å². The van der Waals surface area contributed by atoms with Gasteiger partial charge < -0.3 is 4.74 Å². The molecule has 0 saturated carbocycles. The van der Waals surface area contributed by atoms with Gasteiger partial charge in [-0.25, -0.2) is 19.0 Å². The third-order valence-corrected chi connectivity index (χ3v) is 4.93. The Balaban J connectivity index is 1.95. The number of carbonyl (C=O) groups excluding carboxylic acids is 1. The molecule has 0 amide bonds. The molecule has 130 valence electrons. The molecule has 1 aromatic carbocycles. The first-order valence-corrected chi connectivity index (χ1v) is 8.80. The highest BCUT2D eigenvalue weighted by molar-refractivity contribution is 8.00. The van der Waals surface area contributed by atoms with Crippen LogP contribution in [-0.2, 0) is 9.53 Å². The van der Waals surface area contributed by atoms with Crippen LogP contribution >= 0.6 is 11.8 Å². The van der Waals surface area contributed by atoms with Crippen molar-refractivity contribution in [3.05, 3.63) is 42.6 Å². The molecule has 3 aromatic rings. The molecule has 3 rings (SSSR count). The molecule has 8 heteroatoms. The molecule has 0 fully saturated rings. The highest BCUT2D eigenvalue weighted by atomic mass is 32.2. The number of hydrogen-bond acceptors (Lipinski definition) is 6. The van der Waals surface area contributed by atoms with Crippen LogP contribution < -0.4 is 0 Å². The Morgan fingerprint density at radius 2 is 2.04 bits per heavy atom. The predicted octanol–water partition coefficient (Wildman–Crippen LogP) is 3.39. The molecule has 0 saturated heterocycles. The zero-order chi connectivity index (χ0) is 17.8. The molecular formula is C17H17FN4O2S. The fourth-order valence-electron chi connectivity index (χ4n) is 2.36. The predicted molar refractivity (Wildman–Crippen MR) is 93.2 cm³/mol. The summed E-state index contributed by atoms with van der Waals surface area (Å²) in [5.74, 6) is -0.570. The monoisotopic (exact) mass is 360 g/mol. The standard InChI is InChI=1S/C17H17FN4O2S/c1-3-14(17(23)24-4-2)25-16-13-9-21-22(15(13)19-10-20-16)12-7-5-11(18)6-8-12/h5-10,14H,3-4H2,1-2H3. The maximum atomic E-state index is 13.1.